The van der Waals surface area contributed by atoms with Crippen molar-refractivity contribution in [2.75, 3.05) is 5.73 Å². The van der Waals surface area contributed by atoms with Crippen LogP contribution in [0.25, 0.3) is 0 Å². The Hall–Kier alpha value is -1.75. The SMILES string of the molecule is Nc1cccc2c1C(O)N=NC2=O. The minimum Gasteiger partial charge on any atom is -0.398 e. The number of nitrogen functional groups attached to an aromatic ring is 1. The smallest absolute Gasteiger partial charge is 0.295 e. The van der Waals surface area contributed by atoms with Crippen molar-refractivity contribution >= 4 is 11.6 Å². The number of amides is 1. The maximum atomic E-state index is 11.2. The second-order valence-corrected chi connectivity index (χ2v) is 2.70. The molecule has 5 nitrogen and oxygen atoms in total. The van der Waals surface area contributed by atoms with Crippen molar-refractivity contribution in [3.63, 3.8) is 0 Å². The monoisotopic (exact) mass is 177 g/mol. The Labute approximate surface area is 73.9 Å². The maximum Gasteiger partial charge on any atom is 0.295 e. The summed E-state index contributed by atoms with van der Waals surface area (Å²) in [6, 6.07) is 4.81. The van der Waals surface area contributed by atoms with E-state index < -0.39 is 12.1 Å². The average Bonchev–Trinajstić information content (AvgIpc) is 2.12. The first-order valence-corrected chi connectivity index (χ1v) is 3.72. The van der Waals surface area contributed by atoms with Crippen molar-refractivity contribution in [3.05, 3.63) is 29.3 Å². The van der Waals surface area contributed by atoms with Crippen molar-refractivity contribution in [2.24, 2.45) is 10.2 Å². The van der Waals surface area contributed by atoms with Gasteiger partial charge in [-0.15, -0.1) is 10.2 Å². The second-order valence-electron chi connectivity index (χ2n) is 2.70. The van der Waals surface area contributed by atoms with Gasteiger partial charge in [-0.25, -0.2) is 0 Å². The molecule has 0 saturated carbocycles. The lowest BCUT2D eigenvalue weighted by Crippen LogP contribution is -2.12. The van der Waals surface area contributed by atoms with E-state index in [0.717, 1.165) is 0 Å². The molecule has 1 atom stereocenters. The molecule has 1 amide bonds. The molecule has 0 aliphatic carbocycles. The van der Waals surface area contributed by atoms with E-state index in [4.69, 9.17) is 5.73 Å². The Morgan fingerprint density at radius 2 is 2.23 bits per heavy atom. The molecule has 13 heavy (non-hydrogen) atoms. The van der Waals surface area contributed by atoms with Crippen LogP contribution in [0.15, 0.2) is 28.4 Å². The number of anilines is 1. The van der Waals surface area contributed by atoms with Crippen LogP contribution < -0.4 is 5.73 Å². The summed E-state index contributed by atoms with van der Waals surface area (Å²) in [6.45, 7) is 0. The van der Waals surface area contributed by atoms with Crippen molar-refractivity contribution in [1.29, 1.82) is 0 Å². The van der Waals surface area contributed by atoms with Gasteiger partial charge in [-0.3, -0.25) is 4.79 Å². The molecule has 0 radical (unpaired) electrons. The summed E-state index contributed by atoms with van der Waals surface area (Å²) in [6.07, 6.45) is -1.12. The van der Waals surface area contributed by atoms with Crippen LogP contribution in [0, 0.1) is 0 Å². The maximum absolute atomic E-state index is 11.2. The van der Waals surface area contributed by atoms with Gasteiger partial charge in [0.25, 0.3) is 5.91 Å². The average molecular weight is 177 g/mol. The lowest BCUT2D eigenvalue weighted by Gasteiger charge is -2.14. The predicted octanol–water partition coefficient (Wildman–Crippen LogP) is 0.866. The number of hydrogen-bond donors (Lipinski definition) is 2. The lowest BCUT2D eigenvalue weighted by molar-refractivity contribution is 0.0946. The highest BCUT2D eigenvalue weighted by atomic mass is 16.3. The van der Waals surface area contributed by atoms with Crippen molar-refractivity contribution < 1.29 is 9.90 Å². The van der Waals surface area contributed by atoms with Crippen molar-refractivity contribution in [2.45, 2.75) is 6.23 Å². The van der Waals surface area contributed by atoms with Gasteiger partial charge in [0.2, 0.25) is 0 Å². The van der Waals surface area contributed by atoms with Crippen LogP contribution >= 0.6 is 0 Å². The third-order valence-corrected chi connectivity index (χ3v) is 1.89. The van der Waals surface area contributed by atoms with E-state index in [-0.39, 0.29) is 0 Å². The molecule has 1 aliphatic heterocycles. The Bertz CT molecular complexity index is 400. The topological polar surface area (TPSA) is 88.0 Å². The minimum atomic E-state index is -1.12. The number of benzene rings is 1. The zero-order valence-corrected chi connectivity index (χ0v) is 6.64. The van der Waals surface area contributed by atoms with Gasteiger partial charge in [0.1, 0.15) is 0 Å². The number of carbonyl (C=O) groups excluding carboxylic acids is 1. The molecule has 1 heterocycles. The van der Waals surface area contributed by atoms with Gasteiger partial charge in [0.05, 0.1) is 5.56 Å². The summed E-state index contributed by atoms with van der Waals surface area (Å²) in [5, 5.41) is 16.0. The number of nitrogens with two attached hydrogens (primary N) is 1. The molecule has 1 aliphatic rings. The number of carbonyl (C=O) groups is 1. The molecule has 5 heteroatoms. The van der Waals surface area contributed by atoms with Crippen LogP contribution in [-0.2, 0) is 0 Å². The summed E-state index contributed by atoms with van der Waals surface area (Å²) >= 11 is 0. The largest absolute Gasteiger partial charge is 0.398 e. The fourth-order valence-corrected chi connectivity index (χ4v) is 1.28. The first kappa shape index (κ1) is 7.88. The van der Waals surface area contributed by atoms with E-state index in [9.17, 15) is 9.90 Å². The molecule has 1 unspecified atom stereocenters. The number of azo groups is 1. The Balaban J connectivity index is 2.68. The van der Waals surface area contributed by atoms with Crippen LogP contribution in [0.2, 0.25) is 0 Å². The van der Waals surface area contributed by atoms with Crippen LogP contribution in [0.1, 0.15) is 22.1 Å². The first-order chi connectivity index (χ1) is 6.20. The normalized spacial score (nSPS) is 20.1. The van der Waals surface area contributed by atoms with Gasteiger partial charge >= 0.3 is 0 Å². The number of aliphatic hydroxyl groups is 1. The third kappa shape index (κ3) is 1.09. The molecule has 3 N–H and O–H groups in total. The number of rotatable bonds is 0. The predicted molar refractivity (Wildman–Crippen MR) is 45.0 cm³/mol. The number of hydrogen-bond acceptors (Lipinski definition) is 4. The zero-order valence-electron chi connectivity index (χ0n) is 6.64. The van der Waals surface area contributed by atoms with E-state index in [1.165, 1.54) is 0 Å². The van der Waals surface area contributed by atoms with Gasteiger partial charge < -0.3 is 10.8 Å². The highest BCUT2D eigenvalue weighted by Crippen LogP contribution is 2.29. The fourth-order valence-electron chi connectivity index (χ4n) is 1.28. The van der Waals surface area contributed by atoms with Crippen LogP contribution in [0.3, 0.4) is 0 Å². The Morgan fingerprint density at radius 1 is 1.46 bits per heavy atom. The second kappa shape index (κ2) is 2.63. The van der Waals surface area contributed by atoms with Crippen molar-refractivity contribution in [1.82, 2.24) is 0 Å². The van der Waals surface area contributed by atoms with Gasteiger partial charge in [-0.1, -0.05) is 6.07 Å². The van der Waals surface area contributed by atoms with E-state index in [2.05, 4.69) is 10.2 Å². The fraction of sp³-hybridized carbons (Fsp3) is 0.125. The van der Waals surface area contributed by atoms with E-state index >= 15 is 0 Å². The highest BCUT2D eigenvalue weighted by molar-refractivity contribution is 5.98. The molecular weight excluding hydrogens is 170 g/mol. The Morgan fingerprint density at radius 3 is 2.92 bits per heavy atom. The summed E-state index contributed by atoms with van der Waals surface area (Å²) in [4.78, 5) is 11.2. The molecule has 1 aromatic rings. The molecule has 0 saturated heterocycles. The summed E-state index contributed by atoms with van der Waals surface area (Å²) < 4.78 is 0. The first-order valence-electron chi connectivity index (χ1n) is 3.72. The third-order valence-electron chi connectivity index (χ3n) is 1.89. The standard InChI is InChI=1S/C8H7N3O2/c9-5-3-1-2-4-6(5)8(13)11-10-7(4)12/h1-3,8,13H,9H2. The highest BCUT2D eigenvalue weighted by Gasteiger charge is 2.23. The summed E-state index contributed by atoms with van der Waals surface area (Å²) in [5.41, 5.74) is 6.61. The van der Waals surface area contributed by atoms with E-state index in [1.54, 1.807) is 18.2 Å². The lowest BCUT2D eigenvalue weighted by atomic mass is 10.0. The summed E-state index contributed by atoms with van der Waals surface area (Å²) in [5.74, 6) is -0.465. The van der Waals surface area contributed by atoms with E-state index in [0.29, 0.717) is 16.8 Å². The minimum absolute atomic E-state index is 0.322. The number of fused-ring (bicyclic) bond motifs is 1. The molecule has 2 rings (SSSR count). The van der Waals surface area contributed by atoms with Gasteiger partial charge in [-0.2, -0.15) is 0 Å². The van der Waals surface area contributed by atoms with Crippen molar-refractivity contribution in [3.8, 4) is 0 Å². The van der Waals surface area contributed by atoms with Crippen LogP contribution in [0.4, 0.5) is 5.69 Å². The zero-order chi connectivity index (χ0) is 9.42. The summed E-state index contributed by atoms with van der Waals surface area (Å²) in [7, 11) is 0. The van der Waals surface area contributed by atoms with Crippen LogP contribution in [-0.4, -0.2) is 11.0 Å². The quantitative estimate of drug-likeness (QED) is 0.576. The number of aliphatic hydroxyl groups excluding tert-OH is 1. The van der Waals surface area contributed by atoms with Gasteiger partial charge in [-0.05, 0) is 12.1 Å². The molecule has 0 fully saturated rings. The molecule has 0 spiro atoms. The molecular formula is C8H7N3O2. The van der Waals surface area contributed by atoms with E-state index in [1.807, 2.05) is 0 Å². The van der Waals surface area contributed by atoms with Gasteiger partial charge in [0, 0.05) is 11.3 Å². The Kier molecular flexibility index (Phi) is 1.60. The molecule has 1 aromatic carbocycles. The number of nitrogens with zero attached hydrogens (tertiary/aromatic N) is 2. The molecule has 0 aromatic heterocycles. The van der Waals surface area contributed by atoms with Gasteiger partial charge in [0.15, 0.2) is 6.23 Å². The molecule has 0 bridgehead atoms. The molecule has 66 valence electrons. The van der Waals surface area contributed by atoms with Crippen LogP contribution in [0.5, 0.6) is 0 Å².